The van der Waals surface area contributed by atoms with E-state index < -0.39 is 0 Å². The number of halogens is 2. The molecule has 0 aliphatic heterocycles. The van der Waals surface area contributed by atoms with Gasteiger partial charge in [0.1, 0.15) is 22.8 Å². The van der Waals surface area contributed by atoms with Crippen molar-refractivity contribution in [1.29, 1.82) is 0 Å². The number of benzene rings is 2. The Morgan fingerprint density at radius 2 is 1.89 bits per heavy atom. The molecule has 0 saturated carbocycles. The van der Waals surface area contributed by atoms with Crippen LogP contribution in [-0.4, -0.2) is 29.2 Å². The van der Waals surface area contributed by atoms with Crippen molar-refractivity contribution < 1.29 is 24.2 Å². The van der Waals surface area contributed by atoms with Crippen LogP contribution in [0.3, 0.4) is 0 Å². The molecule has 0 fully saturated rings. The van der Waals surface area contributed by atoms with Crippen LogP contribution in [0.1, 0.15) is 35.0 Å². The molecule has 27 heavy (non-hydrogen) atoms. The second kappa shape index (κ2) is 8.78. The van der Waals surface area contributed by atoms with E-state index in [1.807, 2.05) is 58.2 Å². The number of hydrogen-bond donors (Lipinski definition) is 2. The van der Waals surface area contributed by atoms with Gasteiger partial charge in [-0.1, -0.05) is 6.92 Å². The smallest absolute Gasteiger partial charge is 0.197 e. The summed E-state index contributed by atoms with van der Waals surface area (Å²) in [6, 6.07) is 8.77. The van der Waals surface area contributed by atoms with E-state index in [1.54, 1.807) is 24.3 Å². The number of carbonyl (C=O) groups excluding carboxylic acids is 1. The van der Waals surface area contributed by atoms with Gasteiger partial charge < -0.3 is 19.4 Å². The molecule has 0 spiro atoms. The second-order valence-corrected chi connectivity index (χ2v) is 8.28. The highest BCUT2D eigenvalue weighted by molar-refractivity contribution is 14.1. The SMILES string of the molecule is CCc1oc2cc(OCCCO)ccc2c1C(=O)c1cc(I)c(O)c(I)c1. The zero-order chi connectivity index (χ0) is 19.6. The standard InChI is InChI=1S/C20H18I2O5/c1-2-16-18(19(24)11-8-14(21)20(25)15(22)9-11)13-5-4-12(10-17(13)27-16)26-7-3-6-23/h4-5,8-10,23,25H,2-3,6-7H2,1H3. The van der Waals surface area contributed by atoms with E-state index >= 15 is 0 Å². The zero-order valence-electron chi connectivity index (χ0n) is 14.6. The Hall–Kier alpha value is -1.33. The number of aliphatic hydroxyl groups excluding tert-OH is 1. The number of carbonyl (C=O) groups is 1. The minimum Gasteiger partial charge on any atom is -0.506 e. The quantitative estimate of drug-likeness (QED) is 0.232. The number of ether oxygens (including phenoxy) is 1. The van der Waals surface area contributed by atoms with Crippen LogP contribution >= 0.6 is 45.2 Å². The van der Waals surface area contributed by atoms with Crippen molar-refractivity contribution in [3.63, 3.8) is 0 Å². The van der Waals surface area contributed by atoms with Crippen molar-refractivity contribution >= 4 is 61.9 Å². The van der Waals surface area contributed by atoms with Gasteiger partial charge in [-0.15, -0.1) is 0 Å². The van der Waals surface area contributed by atoms with Crippen molar-refractivity contribution in [3.8, 4) is 11.5 Å². The number of hydrogen-bond acceptors (Lipinski definition) is 5. The van der Waals surface area contributed by atoms with Crippen molar-refractivity contribution in [2.75, 3.05) is 13.2 Å². The molecular weight excluding hydrogens is 574 g/mol. The van der Waals surface area contributed by atoms with Gasteiger partial charge in [0, 0.05) is 36.5 Å². The number of aryl methyl sites for hydroxylation is 1. The van der Waals surface area contributed by atoms with Crippen LogP contribution in [0.5, 0.6) is 11.5 Å². The second-order valence-electron chi connectivity index (χ2n) is 5.96. The molecule has 2 aromatic carbocycles. The van der Waals surface area contributed by atoms with Crippen molar-refractivity contribution in [3.05, 3.63) is 54.4 Å². The number of furan rings is 1. The molecule has 2 N–H and O–H groups in total. The first-order chi connectivity index (χ1) is 13.0. The van der Waals surface area contributed by atoms with Gasteiger partial charge in [0.15, 0.2) is 5.78 Å². The maximum absolute atomic E-state index is 13.2. The molecule has 3 aromatic rings. The number of rotatable bonds is 7. The Balaban J connectivity index is 2.03. The van der Waals surface area contributed by atoms with Gasteiger partial charge in [0.25, 0.3) is 0 Å². The van der Waals surface area contributed by atoms with Crippen molar-refractivity contribution in [2.24, 2.45) is 0 Å². The van der Waals surface area contributed by atoms with Gasteiger partial charge in [0.2, 0.25) is 0 Å². The maximum Gasteiger partial charge on any atom is 0.197 e. The van der Waals surface area contributed by atoms with Crippen LogP contribution in [0.2, 0.25) is 0 Å². The van der Waals surface area contributed by atoms with Gasteiger partial charge in [-0.3, -0.25) is 4.79 Å². The highest BCUT2D eigenvalue weighted by Gasteiger charge is 2.23. The summed E-state index contributed by atoms with van der Waals surface area (Å²) in [5.41, 5.74) is 1.66. The molecule has 1 heterocycles. The molecule has 3 rings (SSSR count). The van der Waals surface area contributed by atoms with Gasteiger partial charge in [-0.05, 0) is 69.4 Å². The number of aliphatic hydroxyl groups is 1. The molecule has 0 radical (unpaired) electrons. The monoisotopic (exact) mass is 592 g/mol. The van der Waals surface area contributed by atoms with Crippen LogP contribution < -0.4 is 4.74 Å². The van der Waals surface area contributed by atoms with E-state index in [0.717, 1.165) is 5.39 Å². The van der Waals surface area contributed by atoms with Gasteiger partial charge in [-0.25, -0.2) is 0 Å². The minimum absolute atomic E-state index is 0.0753. The molecule has 7 heteroatoms. The normalized spacial score (nSPS) is 11.1. The first-order valence-electron chi connectivity index (χ1n) is 8.48. The molecule has 0 saturated heterocycles. The Morgan fingerprint density at radius 1 is 1.19 bits per heavy atom. The first kappa shape index (κ1) is 20.4. The number of phenols is 1. The molecule has 0 aliphatic carbocycles. The summed E-state index contributed by atoms with van der Waals surface area (Å²) >= 11 is 4.04. The average molecular weight is 592 g/mol. The summed E-state index contributed by atoms with van der Waals surface area (Å²) in [7, 11) is 0. The molecule has 142 valence electrons. The summed E-state index contributed by atoms with van der Waals surface area (Å²) in [6.45, 7) is 2.43. The predicted octanol–water partition coefficient (Wildman–Crippen LogP) is 4.90. The summed E-state index contributed by atoms with van der Waals surface area (Å²) in [6.07, 6.45) is 1.14. The van der Waals surface area contributed by atoms with Gasteiger partial charge in [0.05, 0.1) is 19.3 Å². The molecule has 0 bridgehead atoms. The molecule has 5 nitrogen and oxygen atoms in total. The van der Waals surface area contributed by atoms with E-state index in [2.05, 4.69) is 0 Å². The third kappa shape index (κ3) is 4.24. The molecule has 0 aliphatic rings. The van der Waals surface area contributed by atoms with E-state index in [4.69, 9.17) is 14.3 Å². The fourth-order valence-corrected chi connectivity index (χ4v) is 4.58. The van der Waals surface area contributed by atoms with Crippen LogP contribution in [-0.2, 0) is 6.42 Å². The minimum atomic E-state index is -0.129. The number of ketones is 1. The lowest BCUT2D eigenvalue weighted by atomic mass is 9.99. The Bertz CT molecular complexity index is 970. The summed E-state index contributed by atoms with van der Waals surface area (Å²) in [5, 5.41) is 19.6. The Morgan fingerprint density at radius 3 is 2.52 bits per heavy atom. The van der Waals surface area contributed by atoms with Gasteiger partial charge >= 0.3 is 0 Å². The lowest BCUT2D eigenvalue weighted by Gasteiger charge is -2.06. The topological polar surface area (TPSA) is 79.9 Å². The predicted molar refractivity (Wildman–Crippen MR) is 120 cm³/mol. The molecule has 1 aromatic heterocycles. The largest absolute Gasteiger partial charge is 0.506 e. The lowest BCUT2D eigenvalue weighted by molar-refractivity contribution is 0.103. The van der Waals surface area contributed by atoms with E-state index in [0.29, 0.717) is 54.8 Å². The Labute approximate surface area is 184 Å². The highest BCUT2D eigenvalue weighted by Crippen LogP contribution is 2.33. The first-order valence-corrected chi connectivity index (χ1v) is 10.6. The van der Waals surface area contributed by atoms with Crippen LogP contribution in [0.4, 0.5) is 0 Å². The third-order valence-electron chi connectivity index (χ3n) is 4.13. The van der Waals surface area contributed by atoms with Crippen LogP contribution in [0.15, 0.2) is 34.7 Å². The van der Waals surface area contributed by atoms with E-state index in [-0.39, 0.29) is 18.1 Å². The van der Waals surface area contributed by atoms with E-state index in [9.17, 15) is 9.90 Å². The third-order valence-corrected chi connectivity index (χ3v) is 5.78. The molecule has 0 unspecified atom stereocenters. The maximum atomic E-state index is 13.2. The molecular formula is C20H18I2O5. The van der Waals surface area contributed by atoms with Crippen molar-refractivity contribution in [1.82, 2.24) is 0 Å². The summed E-state index contributed by atoms with van der Waals surface area (Å²) in [4.78, 5) is 13.2. The average Bonchev–Trinajstić information content (AvgIpc) is 3.03. The summed E-state index contributed by atoms with van der Waals surface area (Å²) in [5.74, 6) is 1.32. The molecule has 0 amide bonds. The molecule has 0 atom stereocenters. The van der Waals surface area contributed by atoms with E-state index in [1.165, 1.54) is 0 Å². The zero-order valence-corrected chi connectivity index (χ0v) is 18.9. The number of fused-ring (bicyclic) bond motifs is 1. The highest BCUT2D eigenvalue weighted by atomic mass is 127. The number of aromatic hydroxyl groups is 1. The van der Waals surface area contributed by atoms with Crippen LogP contribution in [0.25, 0.3) is 11.0 Å². The Kier molecular flexibility index (Phi) is 6.64. The fourth-order valence-electron chi connectivity index (χ4n) is 2.81. The van der Waals surface area contributed by atoms with Crippen LogP contribution in [0, 0.1) is 7.14 Å². The fraction of sp³-hybridized carbons (Fsp3) is 0.250. The lowest BCUT2D eigenvalue weighted by Crippen LogP contribution is -2.04. The summed E-state index contributed by atoms with van der Waals surface area (Å²) < 4.78 is 12.8. The number of phenolic OH excluding ortho intramolecular Hbond substituents is 1. The van der Waals surface area contributed by atoms with Gasteiger partial charge in [-0.2, -0.15) is 0 Å². The van der Waals surface area contributed by atoms with Crippen molar-refractivity contribution in [2.45, 2.75) is 19.8 Å².